The normalized spacial score (nSPS) is 19.2. The van der Waals surface area contributed by atoms with Gasteiger partial charge in [0.25, 0.3) is 0 Å². The summed E-state index contributed by atoms with van der Waals surface area (Å²) < 4.78 is 48.1. The average molecular weight is 412 g/mol. The van der Waals surface area contributed by atoms with Crippen LogP contribution in [-0.4, -0.2) is 7.11 Å². The molecule has 4 rings (SSSR count). The van der Waals surface area contributed by atoms with Gasteiger partial charge in [0.1, 0.15) is 5.82 Å². The van der Waals surface area contributed by atoms with Gasteiger partial charge >= 0.3 is 0 Å². The minimum atomic E-state index is -0.846. The van der Waals surface area contributed by atoms with Crippen LogP contribution in [0.3, 0.4) is 0 Å². The molecular formula is C26H27F3O. The minimum Gasteiger partial charge on any atom is -0.491 e. The number of benzene rings is 3. The van der Waals surface area contributed by atoms with Gasteiger partial charge in [0.2, 0.25) is 0 Å². The third-order valence-corrected chi connectivity index (χ3v) is 6.51. The second-order valence-electron chi connectivity index (χ2n) is 8.39. The van der Waals surface area contributed by atoms with Crippen LogP contribution in [0.2, 0.25) is 0 Å². The van der Waals surface area contributed by atoms with Crippen molar-refractivity contribution in [1.29, 1.82) is 0 Å². The van der Waals surface area contributed by atoms with Crippen molar-refractivity contribution >= 4 is 10.8 Å². The Kier molecular flexibility index (Phi) is 6.03. The molecular weight excluding hydrogens is 385 g/mol. The molecule has 0 aromatic heterocycles. The van der Waals surface area contributed by atoms with Gasteiger partial charge in [0, 0.05) is 10.9 Å². The van der Waals surface area contributed by atoms with E-state index < -0.39 is 23.2 Å². The van der Waals surface area contributed by atoms with Gasteiger partial charge in [-0.05, 0) is 66.2 Å². The standard InChI is InChI=1S/C26H27F3O/c1-3-4-16-5-7-17(8-6-16)18-9-11-21-19(13-18)10-12-22(25(21)29)20-14-23(27)26(30-2)24(28)15-20/h9-17H,3-8H2,1-2H3/t16-,17-. The summed E-state index contributed by atoms with van der Waals surface area (Å²) in [7, 11) is 1.20. The summed E-state index contributed by atoms with van der Waals surface area (Å²) in [5, 5.41) is 1.28. The number of ether oxygens (including phenoxy) is 1. The van der Waals surface area contributed by atoms with Gasteiger partial charge in [-0.25, -0.2) is 13.2 Å². The van der Waals surface area contributed by atoms with E-state index in [-0.39, 0.29) is 11.1 Å². The summed E-state index contributed by atoms with van der Waals surface area (Å²) in [5.74, 6) is -1.25. The summed E-state index contributed by atoms with van der Waals surface area (Å²) >= 11 is 0. The Balaban J connectivity index is 1.64. The summed E-state index contributed by atoms with van der Waals surface area (Å²) in [6, 6.07) is 11.5. The first-order valence-corrected chi connectivity index (χ1v) is 10.8. The van der Waals surface area contributed by atoms with Gasteiger partial charge in [-0.2, -0.15) is 0 Å². The highest BCUT2D eigenvalue weighted by atomic mass is 19.1. The summed E-state index contributed by atoms with van der Waals surface area (Å²) in [4.78, 5) is 0. The molecule has 1 fully saturated rings. The third-order valence-electron chi connectivity index (χ3n) is 6.51. The zero-order valence-corrected chi connectivity index (χ0v) is 17.5. The molecule has 0 radical (unpaired) electrons. The van der Waals surface area contributed by atoms with Crippen LogP contribution in [-0.2, 0) is 0 Å². The summed E-state index contributed by atoms with van der Waals surface area (Å²) in [6.45, 7) is 2.24. The predicted octanol–water partition coefficient (Wildman–Crippen LogP) is 8.01. The maximum absolute atomic E-state index is 15.2. The van der Waals surface area contributed by atoms with E-state index in [2.05, 4.69) is 13.0 Å². The Morgan fingerprint density at radius 3 is 2.23 bits per heavy atom. The van der Waals surface area contributed by atoms with Gasteiger partial charge in [-0.15, -0.1) is 0 Å². The van der Waals surface area contributed by atoms with Crippen molar-refractivity contribution in [3.05, 3.63) is 65.5 Å². The lowest BCUT2D eigenvalue weighted by Gasteiger charge is -2.28. The van der Waals surface area contributed by atoms with Crippen molar-refractivity contribution in [2.24, 2.45) is 5.92 Å². The van der Waals surface area contributed by atoms with Gasteiger partial charge < -0.3 is 4.74 Å². The summed E-state index contributed by atoms with van der Waals surface area (Å²) in [5.41, 5.74) is 1.59. The number of fused-ring (bicyclic) bond motifs is 1. The fourth-order valence-electron chi connectivity index (χ4n) is 4.89. The quantitative estimate of drug-likeness (QED) is 0.412. The Morgan fingerprint density at radius 1 is 0.900 bits per heavy atom. The number of hydrogen-bond donors (Lipinski definition) is 0. The van der Waals surface area contributed by atoms with E-state index in [9.17, 15) is 8.78 Å². The molecule has 158 valence electrons. The van der Waals surface area contributed by atoms with E-state index >= 15 is 4.39 Å². The SMILES string of the molecule is CCC[C@H]1CC[C@H](c2ccc3c(F)c(-c4cc(F)c(OC)c(F)c4)ccc3c2)CC1. The zero-order chi connectivity index (χ0) is 21.3. The van der Waals surface area contributed by atoms with Crippen LogP contribution >= 0.6 is 0 Å². The fourth-order valence-corrected chi connectivity index (χ4v) is 4.89. The van der Waals surface area contributed by atoms with E-state index in [1.807, 2.05) is 12.1 Å². The zero-order valence-electron chi connectivity index (χ0n) is 17.5. The fraction of sp³-hybridized carbons (Fsp3) is 0.385. The monoisotopic (exact) mass is 412 g/mol. The molecule has 0 bridgehead atoms. The molecule has 0 N–H and O–H groups in total. The molecule has 3 aromatic carbocycles. The Bertz CT molecular complexity index is 1030. The van der Waals surface area contributed by atoms with Crippen LogP contribution in [0, 0.1) is 23.4 Å². The second kappa shape index (κ2) is 8.71. The first-order valence-electron chi connectivity index (χ1n) is 10.8. The predicted molar refractivity (Wildman–Crippen MR) is 115 cm³/mol. The molecule has 0 atom stereocenters. The van der Waals surface area contributed by atoms with Crippen LogP contribution in [0.15, 0.2) is 42.5 Å². The highest BCUT2D eigenvalue weighted by molar-refractivity contribution is 5.89. The maximum atomic E-state index is 15.2. The van der Waals surface area contributed by atoms with Crippen molar-refractivity contribution in [3.8, 4) is 16.9 Å². The van der Waals surface area contributed by atoms with Crippen molar-refractivity contribution in [1.82, 2.24) is 0 Å². The summed E-state index contributed by atoms with van der Waals surface area (Å²) in [6.07, 6.45) is 7.44. The van der Waals surface area contributed by atoms with Crippen LogP contribution in [0.4, 0.5) is 13.2 Å². The largest absolute Gasteiger partial charge is 0.491 e. The average Bonchev–Trinajstić information content (AvgIpc) is 2.74. The highest BCUT2D eigenvalue weighted by Crippen LogP contribution is 2.39. The molecule has 4 heteroatoms. The van der Waals surface area contributed by atoms with Crippen LogP contribution in [0.5, 0.6) is 5.75 Å². The maximum Gasteiger partial charge on any atom is 0.190 e. The molecule has 0 unspecified atom stereocenters. The molecule has 1 saturated carbocycles. The molecule has 0 amide bonds. The molecule has 0 aliphatic heterocycles. The Morgan fingerprint density at radius 2 is 1.60 bits per heavy atom. The minimum absolute atomic E-state index is 0.156. The van der Waals surface area contributed by atoms with Crippen molar-refractivity contribution < 1.29 is 17.9 Å². The molecule has 0 spiro atoms. The first kappa shape index (κ1) is 20.8. The van der Waals surface area contributed by atoms with E-state index in [4.69, 9.17) is 4.74 Å². The molecule has 1 aliphatic carbocycles. The molecule has 30 heavy (non-hydrogen) atoms. The van der Waals surface area contributed by atoms with Crippen LogP contribution in [0.1, 0.15) is 56.9 Å². The van der Waals surface area contributed by atoms with Crippen LogP contribution < -0.4 is 4.74 Å². The number of methoxy groups -OCH3 is 1. The van der Waals surface area contributed by atoms with Gasteiger partial charge in [0.15, 0.2) is 17.4 Å². The Hall–Kier alpha value is -2.49. The number of halogens is 3. The third kappa shape index (κ3) is 3.92. The molecule has 1 nitrogen and oxygen atoms in total. The molecule has 0 saturated heterocycles. The second-order valence-corrected chi connectivity index (χ2v) is 8.39. The van der Waals surface area contributed by atoms with Crippen molar-refractivity contribution in [3.63, 3.8) is 0 Å². The van der Waals surface area contributed by atoms with E-state index in [0.717, 1.165) is 23.4 Å². The molecule has 0 heterocycles. The Labute approximate surface area is 175 Å². The topological polar surface area (TPSA) is 9.23 Å². The van der Waals surface area contributed by atoms with Gasteiger partial charge in [0.05, 0.1) is 7.11 Å². The number of hydrogen-bond acceptors (Lipinski definition) is 1. The lowest BCUT2D eigenvalue weighted by Crippen LogP contribution is -2.13. The molecule has 3 aromatic rings. The smallest absolute Gasteiger partial charge is 0.190 e. The van der Waals surface area contributed by atoms with E-state index in [1.165, 1.54) is 51.2 Å². The lowest BCUT2D eigenvalue weighted by atomic mass is 9.77. The van der Waals surface area contributed by atoms with Gasteiger partial charge in [-0.1, -0.05) is 50.1 Å². The lowest BCUT2D eigenvalue weighted by molar-refractivity contribution is 0.308. The van der Waals surface area contributed by atoms with Crippen LogP contribution in [0.25, 0.3) is 21.9 Å². The van der Waals surface area contributed by atoms with E-state index in [0.29, 0.717) is 11.3 Å². The first-order chi connectivity index (χ1) is 14.5. The number of rotatable bonds is 5. The van der Waals surface area contributed by atoms with Crippen molar-refractivity contribution in [2.45, 2.75) is 51.4 Å². The van der Waals surface area contributed by atoms with Crippen molar-refractivity contribution in [2.75, 3.05) is 7.11 Å². The highest BCUT2D eigenvalue weighted by Gasteiger charge is 2.22. The molecule has 1 aliphatic rings. The van der Waals surface area contributed by atoms with Gasteiger partial charge in [-0.3, -0.25) is 0 Å². The van der Waals surface area contributed by atoms with E-state index in [1.54, 1.807) is 12.1 Å².